The molecule has 0 atom stereocenters. The van der Waals surface area contributed by atoms with Gasteiger partial charge in [0.05, 0.1) is 12.4 Å². The highest BCUT2D eigenvalue weighted by atomic mass is 32.1. The minimum atomic E-state index is -0.217. The van der Waals surface area contributed by atoms with Gasteiger partial charge in [-0.2, -0.15) is 32.9 Å². The lowest BCUT2D eigenvalue weighted by Gasteiger charge is -2.00. The van der Waals surface area contributed by atoms with Gasteiger partial charge in [-0.3, -0.25) is 9.59 Å². The number of hydrogen-bond acceptors (Lipinski definition) is 6. The summed E-state index contributed by atoms with van der Waals surface area (Å²) in [6, 6.07) is 3.81. The second-order valence-corrected chi connectivity index (χ2v) is 6.11. The molecule has 0 radical (unpaired) electrons. The van der Waals surface area contributed by atoms with Gasteiger partial charge in [-0.15, -0.1) is 0 Å². The third-order valence-corrected chi connectivity index (χ3v) is 4.10. The van der Waals surface area contributed by atoms with Crippen molar-refractivity contribution >= 4 is 46.9 Å². The van der Waals surface area contributed by atoms with Gasteiger partial charge >= 0.3 is 0 Å². The van der Waals surface area contributed by atoms with Gasteiger partial charge < -0.3 is 0 Å². The zero-order valence-corrected chi connectivity index (χ0v) is 13.9. The molecule has 0 bridgehead atoms. The Balaban J connectivity index is 1.56. The van der Waals surface area contributed by atoms with Crippen LogP contribution in [0.25, 0.3) is 0 Å². The third-order valence-electron chi connectivity index (χ3n) is 2.70. The van der Waals surface area contributed by atoms with Gasteiger partial charge in [-0.25, -0.2) is 10.9 Å². The van der Waals surface area contributed by atoms with E-state index < -0.39 is 0 Å². The summed E-state index contributed by atoms with van der Waals surface area (Å²) in [4.78, 5) is 23.1. The van der Waals surface area contributed by atoms with E-state index >= 15 is 0 Å². The molecule has 0 spiro atoms. The van der Waals surface area contributed by atoms with Crippen LogP contribution in [-0.2, 0) is 9.59 Å². The fraction of sp³-hybridized carbons (Fsp3) is 0.200. The van der Waals surface area contributed by atoms with Crippen molar-refractivity contribution in [3.63, 3.8) is 0 Å². The lowest BCUT2D eigenvalue weighted by Crippen LogP contribution is -2.20. The molecule has 2 aromatic heterocycles. The van der Waals surface area contributed by atoms with E-state index in [-0.39, 0.29) is 24.7 Å². The molecule has 2 amide bonds. The number of amides is 2. The first-order valence-corrected chi connectivity index (χ1v) is 8.81. The minimum Gasteiger partial charge on any atom is -0.273 e. The molecule has 2 aromatic rings. The van der Waals surface area contributed by atoms with E-state index in [9.17, 15) is 9.59 Å². The van der Waals surface area contributed by atoms with Crippen LogP contribution in [0.15, 0.2) is 43.9 Å². The normalized spacial score (nSPS) is 11.1. The van der Waals surface area contributed by atoms with Crippen LogP contribution in [0.4, 0.5) is 0 Å². The maximum atomic E-state index is 11.5. The predicted molar refractivity (Wildman–Crippen MR) is 94.0 cm³/mol. The van der Waals surface area contributed by atoms with Gasteiger partial charge in [0.1, 0.15) is 0 Å². The topological polar surface area (TPSA) is 82.9 Å². The highest BCUT2D eigenvalue weighted by Crippen LogP contribution is 2.03. The van der Waals surface area contributed by atoms with E-state index in [4.69, 9.17) is 0 Å². The van der Waals surface area contributed by atoms with Gasteiger partial charge in [-0.1, -0.05) is 0 Å². The van der Waals surface area contributed by atoms with E-state index in [2.05, 4.69) is 21.1 Å². The van der Waals surface area contributed by atoms with E-state index in [1.165, 1.54) is 0 Å². The Hall–Kier alpha value is -2.32. The summed E-state index contributed by atoms with van der Waals surface area (Å²) >= 11 is 3.12. The number of hydrogen-bond donors (Lipinski definition) is 2. The first kappa shape index (κ1) is 17.0. The summed E-state index contributed by atoms with van der Waals surface area (Å²) in [5, 5.41) is 15.4. The average Bonchev–Trinajstić information content (AvgIpc) is 3.20. The summed E-state index contributed by atoms with van der Waals surface area (Å²) in [5.41, 5.74) is 6.75. The van der Waals surface area contributed by atoms with Crippen molar-refractivity contribution in [3.05, 3.63) is 44.8 Å². The number of nitrogens with one attached hydrogen (secondary N) is 2. The molecular formula is C15H16N4O2S2. The molecule has 120 valence electrons. The second-order valence-electron chi connectivity index (χ2n) is 4.55. The number of nitrogens with zero attached hydrogens (tertiary/aromatic N) is 2. The quantitative estimate of drug-likeness (QED) is 0.568. The van der Waals surface area contributed by atoms with Crippen LogP contribution in [0.2, 0.25) is 0 Å². The van der Waals surface area contributed by atoms with Gasteiger partial charge in [-0.05, 0) is 40.1 Å². The van der Waals surface area contributed by atoms with Gasteiger partial charge in [0, 0.05) is 24.0 Å². The van der Waals surface area contributed by atoms with Crippen LogP contribution in [0, 0.1) is 0 Å². The molecule has 0 unspecified atom stereocenters. The molecular weight excluding hydrogens is 332 g/mol. The van der Waals surface area contributed by atoms with Crippen molar-refractivity contribution in [1.82, 2.24) is 10.9 Å². The summed E-state index contributed by atoms with van der Waals surface area (Å²) in [7, 11) is 0. The largest absolute Gasteiger partial charge is 0.273 e. The second kappa shape index (κ2) is 9.65. The molecule has 2 rings (SSSR count). The highest BCUT2D eigenvalue weighted by molar-refractivity contribution is 7.08. The molecule has 23 heavy (non-hydrogen) atoms. The Kier molecular flexibility index (Phi) is 7.15. The Morgan fingerprint density at radius 2 is 1.39 bits per heavy atom. The first-order valence-electron chi connectivity index (χ1n) is 6.92. The van der Waals surface area contributed by atoms with Crippen LogP contribution in [0.3, 0.4) is 0 Å². The van der Waals surface area contributed by atoms with Crippen molar-refractivity contribution in [2.24, 2.45) is 10.2 Å². The van der Waals surface area contributed by atoms with Crippen molar-refractivity contribution in [2.75, 3.05) is 0 Å². The Morgan fingerprint density at radius 3 is 1.78 bits per heavy atom. The smallest absolute Gasteiger partial charge is 0.240 e. The number of rotatable bonds is 8. The molecule has 2 heterocycles. The Bertz CT molecular complexity index is 605. The van der Waals surface area contributed by atoms with Crippen LogP contribution in [-0.4, -0.2) is 24.2 Å². The lowest BCUT2D eigenvalue weighted by molar-refractivity contribution is -0.122. The van der Waals surface area contributed by atoms with Crippen molar-refractivity contribution in [1.29, 1.82) is 0 Å². The van der Waals surface area contributed by atoms with Crippen LogP contribution < -0.4 is 10.9 Å². The lowest BCUT2D eigenvalue weighted by atomic mass is 10.2. The zero-order valence-electron chi connectivity index (χ0n) is 12.3. The van der Waals surface area contributed by atoms with Crippen LogP contribution >= 0.6 is 22.7 Å². The van der Waals surface area contributed by atoms with E-state index in [0.717, 1.165) is 11.1 Å². The number of carbonyl (C=O) groups excluding carboxylic acids is 2. The van der Waals surface area contributed by atoms with E-state index in [1.807, 2.05) is 33.7 Å². The maximum Gasteiger partial charge on any atom is 0.240 e. The monoisotopic (exact) mass is 348 g/mol. The van der Waals surface area contributed by atoms with Gasteiger partial charge in [0.15, 0.2) is 0 Å². The Morgan fingerprint density at radius 1 is 0.913 bits per heavy atom. The molecule has 0 aliphatic heterocycles. The van der Waals surface area contributed by atoms with Crippen LogP contribution in [0.5, 0.6) is 0 Å². The first-order chi connectivity index (χ1) is 11.2. The summed E-state index contributed by atoms with van der Waals surface area (Å²) < 4.78 is 0. The molecule has 0 saturated heterocycles. The molecule has 8 heteroatoms. The molecule has 0 aliphatic rings. The molecule has 0 saturated carbocycles. The van der Waals surface area contributed by atoms with E-state index in [1.54, 1.807) is 35.1 Å². The number of carbonyl (C=O) groups is 2. The molecule has 0 fully saturated rings. The number of hydrazone groups is 2. The van der Waals surface area contributed by atoms with Gasteiger partial charge in [0.2, 0.25) is 11.8 Å². The average molecular weight is 348 g/mol. The Labute approximate surface area is 141 Å². The SMILES string of the molecule is O=C(CCCC(=O)NN=Cc1ccsc1)NN=Cc1ccsc1. The fourth-order valence-corrected chi connectivity index (χ4v) is 2.80. The van der Waals surface area contributed by atoms with Crippen LogP contribution in [0.1, 0.15) is 30.4 Å². The molecule has 6 nitrogen and oxygen atoms in total. The standard InChI is InChI=1S/C15H16N4O2S2/c20-14(18-16-8-12-4-6-22-10-12)2-1-3-15(21)19-17-9-13-5-7-23-11-13/h4-11H,1-3H2,(H,18,20)(H,19,21). The third kappa shape index (κ3) is 6.98. The summed E-state index contributed by atoms with van der Waals surface area (Å²) in [5.74, 6) is -0.433. The number of thiophene rings is 2. The minimum absolute atomic E-state index is 0.217. The summed E-state index contributed by atoms with van der Waals surface area (Å²) in [6.45, 7) is 0. The molecule has 0 aromatic carbocycles. The maximum absolute atomic E-state index is 11.5. The molecule has 2 N–H and O–H groups in total. The predicted octanol–water partition coefficient (Wildman–Crippen LogP) is 2.58. The highest BCUT2D eigenvalue weighted by Gasteiger charge is 2.03. The summed E-state index contributed by atoms with van der Waals surface area (Å²) in [6.07, 6.45) is 4.09. The van der Waals surface area contributed by atoms with Crippen molar-refractivity contribution in [2.45, 2.75) is 19.3 Å². The van der Waals surface area contributed by atoms with E-state index in [0.29, 0.717) is 6.42 Å². The van der Waals surface area contributed by atoms with Crippen molar-refractivity contribution in [3.8, 4) is 0 Å². The van der Waals surface area contributed by atoms with Gasteiger partial charge in [0.25, 0.3) is 0 Å². The van der Waals surface area contributed by atoms with Crippen molar-refractivity contribution < 1.29 is 9.59 Å². The fourth-order valence-electron chi connectivity index (χ4n) is 1.58. The zero-order chi connectivity index (χ0) is 16.3. The molecule has 0 aliphatic carbocycles.